The molecular weight excluding hydrogens is 485 g/mol. The normalized spacial score (nSPS) is 17.4. The van der Waals surface area contributed by atoms with Gasteiger partial charge in [0.25, 0.3) is 0 Å². The second kappa shape index (κ2) is 8.57. The van der Waals surface area contributed by atoms with Gasteiger partial charge in [0, 0.05) is 17.5 Å². The van der Waals surface area contributed by atoms with Crippen LogP contribution in [0.1, 0.15) is 18.4 Å². The predicted molar refractivity (Wildman–Crippen MR) is 122 cm³/mol. The number of sulfonamides is 1. The molecule has 6 nitrogen and oxygen atoms in total. The monoisotopic (exact) mass is 501 g/mol. The maximum atomic E-state index is 13.0. The number of thiophene rings is 1. The molecular formula is C19H17Cl2N3O3S3. The molecule has 1 N–H and O–H groups in total. The van der Waals surface area contributed by atoms with Gasteiger partial charge in [-0.2, -0.15) is 4.31 Å². The Bertz CT molecular complexity index is 1190. The van der Waals surface area contributed by atoms with Crippen molar-refractivity contribution < 1.29 is 13.2 Å². The van der Waals surface area contributed by atoms with Gasteiger partial charge in [0.05, 0.1) is 14.9 Å². The van der Waals surface area contributed by atoms with E-state index in [1.165, 1.54) is 27.0 Å². The Labute approximate surface area is 192 Å². The summed E-state index contributed by atoms with van der Waals surface area (Å²) in [5.74, 6) is -0.390. The molecule has 158 valence electrons. The first-order chi connectivity index (χ1) is 14.3. The molecule has 0 aliphatic carbocycles. The first kappa shape index (κ1) is 21.7. The molecule has 4 rings (SSSR count). The number of nitrogens with one attached hydrogen (secondary N) is 1. The molecule has 1 fully saturated rings. The molecule has 0 saturated carbocycles. The zero-order valence-corrected chi connectivity index (χ0v) is 19.7. The van der Waals surface area contributed by atoms with E-state index in [4.69, 9.17) is 23.2 Å². The van der Waals surface area contributed by atoms with Gasteiger partial charge >= 0.3 is 0 Å². The molecule has 1 aliphatic rings. The molecule has 1 aromatic carbocycles. The second-order valence-electron chi connectivity index (χ2n) is 6.85. The van der Waals surface area contributed by atoms with Gasteiger partial charge in [0.15, 0.2) is 5.13 Å². The Morgan fingerprint density at radius 2 is 2.00 bits per heavy atom. The molecule has 1 saturated heterocycles. The SMILES string of the molecule is Cc1ccc(S(=O)(=O)N2CCCC2C(=O)Nc2nc(-c3cc(Cl)sc3Cl)cs2)cc1. The van der Waals surface area contributed by atoms with Gasteiger partial charge < -0.3 is 5.32 Å². The summed E-state index contributed by atoms with van der Waals surface area (Å²) in [6.07, 6.45) is 1.08. The highest BCUT2D eigenvalue weighted by atomic mass is 35.5. The van der Waals surface area contributed by atoms with Crippen LogP contribution in [0.4, 0.5) is 5.13 Å². The maximum absolute atomic E-state index is 13.0. The molecule has 1 aliphatic heterocycles. The number of hydrogen-bond donors (Lipinski definition) is 1. The summed E-state index contributed by atoms with van der Waals surface area (Å²) in [4.78, 5) is 17.5. The predicted octanol–water partition coefficient (Wildman–Crippen LogP) is 5.28. The van der Waals surface area contributed by atoms with E-state index >= 15 is 0 Å². The first-order valence-electron chi connectivity index (χ1n) is 9.06. The van der Waals surface area contributed by atoms with Crippen molar-refractivity contribution in [1.29, 1.82) is 0 Å². The summed E-state index contributed by atoms with van der Waals surface area (Å²) < 4.78 is 28.4. The van der Waals surface area contributed by atoms with Crippen LogP contribution in [0.25, 0.3) is 11.3 Å². The molecule has 0 bridgehead atoms. The van der Waals surface area contributed by atoms with Crippen LogP contribution in [0, 0.1) is 6.92 Å². The summed E-state index contributed by atoms with van der Waals surface area (Å²) in [6, 6.07) is 7.58. The first-order valence-corrected chi connectivity index (χ1v) is 12.9. The molecule has 1 amide bonds. The quantitative estimate of drug-likeness (QED) is 0.515. The van der Waals surface area contributed by atoms with Crippen molar-refractivity contribution in [2.24, 2.45) is 0 Å². The average molecular weight is 502 g/mol. The van der Waals surface area contributed by atoms with Gasteiger partial charge in [0.2, 0.25) is 15.9 Å². The van der Waals surface area contributed by atoms with Gasteiger partial charge in [-0.15, -0.1) is 22.7 Å². The van der Waals surface area contributed by atoms with Crippen molar-refractivity contribution >= 4 is 66.9 Å². The van der Waals surface area contributed by atoms with Crippen molar-refractivity contribution in [2.45, 2.75) is 30.7 Å². The number of aromatic nitrogens is 1. The number of anilines is 1. The third kappa shape index (κ3) is 4.28. The van der Waals surface area contributed by atoms with Crippen molar-refractivity contribution in [3.63, 3.8) is 0 Å². The maximum Gasteiger partial charge on any atom is 0.244 e. The molecule has 3 heterocycles. The summed E-state index contributed by atoms with van der Waals surface area (Å²) in [7, 11) is -3.76. The fraction of sp³-hybridized carbons (Fsp3) is 0.263. The van der Waals surface area contributed by atoms with E-state index in [-0.39, 0.29) is 4.90 Å². The van der Waals surface area contributed by atoms with E-state index in [1.54, 1.807) is 35.7 Å². The van der Waals surface area contributed by atoms with Gasteiger partial charge in [-0.3, -0.25) is 4.79 Å². The molecule has 30 heavy (non-hydrogen) atoms. The van der Waals surface area contributed by atoms with Gasteiger partial charge in [-0.25, -0.2) is 13.4 Å². The van der Waals surface area contributed by atoms with Crippen LogP contribution < -0.4 is 5.32 Å². The lowest BCUT2D eigenvalue weighted by atomic mass is 10.2. The molecule has 11 heteroatoms. The van der Waals surface area contributed by atoms with E-state index in [2.05, 4.69) is 10.3 Å². The molecule has 1 atom stereocenters. The lowest BCUT2D eigenvalue weighted by Crippen LogP contribution is -2.43. The van der Waals surface area contributed by atoms with Crippen LogP contribution in [0.3, 0.4) is 0 Å². The van der Waals surface area contributed by atoms with Crippen LogP contribution in [0.2, 0.25) is 8.67 Å². The molecule has 0 radical (unpaired) electrons. The number of thiazole rings is 1. The standard InChI is InChI=1S/C19H17Cl2N3O3S3/c1-11-4-6-12(7-5-11)30(26,27)24-8-2-3-15(24)18(25)23-19-22-14(10-28-19)13-9-16(20)29-17(13)21/h4-7,9-10,15H,2-3,8H2,1H3,(H,22,23,25). The lowest BCUT2D eigenvalue weighted by Gasteiger charge is -2.23. The number of nitrogens with zero attached hydrogens (tertiary/aromatic N) is 2. The Morgan fingerprint density at radius 3 is 2.67 bits per heavy atom. The number of amides is 1. The number of halogens is 2. The van der Waals surface area contributed by atoms with E-state index in [9.17, 15) is 13.2 Å². The van der Waals surface area contributed by atoms with Crippen LogP contribution >= 0.6 is 45.9 Å². The van der Waals surface area contributed by atoms with Crippen molar-refractivity contribution in [2.75, 3.05) is 11.9 Å². The molecule has 2 aromatic heterocycles. The third-order valence-electron chi connectivity index (χ3n) is 4.80. The van der Waals surface area contributed by atoms with Gasteiger partial charge in [0.1, 0.15) is 10.4 Å². The fourth-order valence-electron chi connectivity index (χ4n) is 3.29. The summed E-state index contributed by atoms with van der Waals surface area (Å²) >= 11 is 14.7. The highest BCUT2D eigenvalue weighted by Crippen LogP contribution is 2.39. The zero-order valence-electron chi connectivity index (χ0n) is 15.8. The largest absolute Gasteiger partial charge is 0.301 e. The minimum Gasteiger partial charge on any atom is -0.301 e. The fourth-order valence-corrected chi connectivity index (χ4v) is 7.15. The second-order valence-corrected chi connectivity index (χ2v) is 11.9. The van der Waals surface area contributed by atoms with E-state index in [0.717, 1.165) is 5.56 Å². The Balaban J connectivity index is 1.52. The van der Waals surface area contributed by atoms with E-state index in [1.807, 2.05) is 6.92 Å². The number of benzene rings is 1. The topological polar surface area (TPSA) is 79.4 Å². The summed E-state index contributed by atoms with van der Waals surface area (Å²) in [5, 5.41) is 4.91. The van der Waals surface area contributed by atoms with Crippen LogP contribution in [-0.4, -0.2) is 36.2 Å². The minimum atomic E-state index is -3.76. The smallest absolute Gasteiger partial charge is 0.244 e. The Hall–Kier alpha value is -1.49. The average Bonchev–Trinajstić information content (AvgIpc) is 3.42. The molecule has 0 spiro atoms. The number of rotatable bonds is 5. The van der Waals surface area contributed by atoms with Crippen LogP contribution in [0.15, 0.2) is 40.6 Å². The van der Waals surface area contributed by atoms with Gasteiger partial charge in [-0.05, 0) is 38.0 Å². The van der Waals surface area contributed by atoms with Crippen molar-refractivity contribution in [3.05, 3.63) is 49.9 Å². The van der Waals surface area contributed by atoms with Crippen molar-refractivity contribution in [1.82, 2.24) is 9.29 Å². The van der Waals surface area contributed by atoms with Crippen LogP contribution in [0.5, 0.6) is 0 Å². The highest BCUT2D eigenvalue weighted by molar-refractivity contribution is 7.89. The Kier molecular flexibility index (Phi) is 6.20. The van der Waals surface area contributed by atoms with Crippen molar-refractivity contribution in [3.8, 4) is 11.3 Å². The summed E-state index contributed by atoms with van der Waals surface area (Å²) in [6.45, 7) is 2.20. The zero-order chi connectivity index (χ0) is 21.5. The molecule has 1 unspecified atom stereocenters. The summed E-state index contributed by atoms with van der Waals surface area (Å²) in [5.41, 5.74) is 2.28. The number of carbonyl (C=O) groups is 1. The highest BCUT2D eigenvalue weighted by Gasteiger charge is 2.39. The van der Waals surface area contributed by atoms with E-state index in [0.29, 0.717) is 44.4 Å². The lowest BCUT2D eigenvalue weighted by molar-refractivity contribution is -0.119. The third-order valence-corrected chi connectivity index (χ3v) is 8.97. The van der Waals surface area contributed by atoms with E-state index < -0.39 is 22.0 Å². The Morgan fingerprint density at radius 1 is 1.27 bits per heavy atom. The molecule has 3 aromatic rings. The number of hydrogen-bond acceptors (Lipinski definition) is 6. The number of carbonyl (C=O) groups excluding carboxylic acids is 1. The van der Waals surface area contributed by atoms with Gasteiger partial charge in [-0.1, -0.05) is 40.9 Å². The minimum absolute atomic E-state index is 0.188. The number of aryl methyl sites for hydroxylation is 1. The van der Waals surface area contributed by atoms with Crippen LogP contribution in [-0.2, 0) is 14.8 Å².